The summed E-state index contributed by atoms with van der Waals surface area (Å²) in [5.41, 5.74) is 4.46. The Labute approximate surface area is 164 Å². The van der Waals surface area contributed by atoms with E-state index in [2.05, 4.69) is 10.3 Å². The largest absolute Gasteiger partial charge is 0.389 e. The molecular formula is C23H22N4O. The molecule has 0 aliphatic carbocycles. The quantitative estimate of drug-likeness (QED) is 0.534. The summed E-state index contributed by atoms with van der Waals surface area (Å²) in [4.78, 5) is 14.1. The van der Waals surface area contributed by atoms with Crippen LogP contribution in [0.4, 0.5) is 5.82 Å². The summed E-state index contributed by atoms with van der Waals surface area (Å²) in [5.74, 6) is 1.47. The van der Waals surface area contributed by atoms with Crippen LogP contribution < -0.4 is 5.32 Å². The number of hydrogen-bond acceptors (Lipinski definition) is 5. The number of benzene rings is 2. The third-order valence-electron chi connectivity index (χ3n) is 4.71. The topological polar surface area (TPSA) is 70.9 Å². The highest BCUT2D eigenvalue weighted by molar-refractivity contribution is 5.90. The van der Waals surface area contributed by atoms with Crippen molar-refractivity contribution < 1.29 is 5.11 Å². The van der Waals surface area contributed by atoms with Gasteiger partial charge in [0.2, 0.25) is 0 Å². The minimum atomic E-state index is -0.520. The molecule has 0 radical (unpaired) electrons. The summed E-state index contributed by atoms with van der Waals surface area (Å²) in [6.45, 7) is 4.20. The molecule has 0 aliphatic rings. The number of pyridine rings is 1. The molecule has 2 aromatic heterocycles. The molecule has 0 aliphatic heterocycles. The molecule has 2 heterocycles. The van der Waals surface area contributed by atoms with Crippen LogP contribution in [0.15, 0.2) is 66.7 Å². The maximum Gasteiger partial charge on any atom is 0.162 e. The van der Waals surface area contributed by atoms with E-state index < -0.39 is 6.10 Å². The fraction of sp³-hybridized carbons (Fsp3) is 0.174. The minimum Gasteiger partial charge on any atom is -0.389 e. The number of nitrogens with zero attached hydrogens (tertiary/aromatic N) is 3. The molecule has 140 valence electrons. The smallest absolute Gasteiger partial charge is 0.162 e. The van der Waals surface area contributed by atoms with Crippen molar-refractivity contribution in [3.05, 3.63) is 83.7 Å². The number of aryl methyl sites for hydroxylation is 1. The minimum absolute atomic E-state index is 0.520. The molecule has 2 N–H and O–H groups in total. The Morgan fingerprint density at radius 2 is 1.64 bits per heavy atom. The maximum atomic E-state index is 9.79. The fourth-order valence-corrected chi connectivity index (χ4v) is 3.27. The van der Waals surface area contributed by atoms with E-state index in [-0.39, 0.29) is 0 Å². The second kappa shape index (κ2) is 7.74. The summed E-state index contributed by atoms with van der Waals surface area (Å²) >= 11 is 0. The van der Waals surface area contributed by atoms with Gasteiger partial charge in [0.15, 0.2) is 5.82 Å². The van der Waals surface area contributed by atoms with E-state index in [9.17, 15) is 5.11 Å². The molecule has 1 unspecified atom stereocenters. The van der Waals surface area contributed by atoms with Crippen LogP contribution >= 0.6 is 0 Å². The molecule has 0 spiro atoms. The Morgan fingerprint density at radius 3 is 2.39 bits per heavy atom. The van der Waals surface area contributed by atoms with Crippen molar-refractivity contribution in [3.63, 3.8) is 0 Å². The van der Waals surface area contributed by atoms with Gasteiger partial charge >= 0.3 is 0 Å². The van der Waals surface area contributed by atoms with Gasteiger partial charge in [0, 0.05) is 22.2 Å². The number of para-hydroxylation sites is 1. The first-order valence-electron chi connectivity index (χ1n) is 9.32. The molecule has 0 amide bonds. The van der Waals surface area contributed by atoms with Gasteiger partial charge in [-0.05, 0) is 32.0 Å². The Balaban J connectivity index is 1.67. The highest BCUT2D eigenvalue weighted by Crippen LogP contribution is 2.25. The number of hydrogen-bond donors (Lipinski definition) is 2. The number of nitrogens with one attached hydrogen (secondary N) is 1. The number of rotatable bonds is 5. The van der Waals surface area contributed by atoms with Crippen molar-refractivity contribution in [1.82, 2.24) is 15.0 Å². The molecule has 0 fully saturated rings. The maximum absolute atomic E-state index is 9.79. The summed E-state index contributed by atoms with van der Waals surface area (Å²) in [5, 5.41) is 14.2. The van der Waals surface area contributed by atoms with E-state index in [0.29, 0.717) is 12.4 Å². The van der Waals surface area contributed by atoms with E-state index in [0.717, 1.165) is 39.2 Å². The highest BCUT2D eigenvalue weighted by Gasteiger charge is 2.10. The molecule has 5 nitrogen and oxygen atoms in total. The summed E-state index contributed by atoms with van der Waals surface area (Å²) in [7, 11) is 0. The number of fused-ring (bicyclic) bond motifs is 1. The van der Waals surface area contributed by atoms with Gasteiger partial charge in [0.1, 0.15) is 5.82 Å². The number of aliphatic hydroxyl groups is 1. The van der Waals surface area contributed by atoms with E-state index in [1.165, 1.54) is 0 Å². The van der Waals surface area contributed by atoms with Gasteiger partial charge in [-0.3, -0.25) is 4.98 Å². The molecule has 5 heteroatoms. The van der Waals surface area contributed by atoms with E-state index in [4.69, 9.17) is 9.97 Å². The molecule has 4 aromatic rings. The average molecular weight is 370 g/mol. The summed E-state index contributed by atoms with van der Waals surface area (Å²) < 4.78 is 0. The lowest BCUT2D eigenvalue weighted by molar-refractivity contribution is 0.198. The Hall–Kier alpha value is -3.31. The van der Waals surface area contributed by atoms with Crippen molar-refractivity contribution in [1.29, 1.82) is 0 Å². The van der Waals surface area contributed by atoms with Crippen LogP contribution in [-0.2, 0) is 6.54 Å². The van der Waals surface area contributed by atoms with E-state index >= 15 is 0 Å². The molecule has 4 rings (SSSR count). The lowest BCUT2D eigenvalue weighted by Gasteiger charge is -2.13. The molecule has 0 saturated heterocycles. The van der Waals surface area contributed by atoms with Gasteiger partial charge in [-0.2, -0.15) is 0 Å². The van der Waals surface area contributed by atoms with Crippen molar-refractivity contribution in [2.24, 2.45) is 0 Å². The molecule has 0 saturated carbocycles. The highest BCUT2D eigenvalue weighted by atomic mass is 16.3. The normalized spacial score (nSPS) is 12.1. The predicted molar refractivity (Wildman–Crippen MR) is 112 cm³/mol. The van der Waals surface area contributed by atoms with Crippen molar-refractivity contribution in [3.8, 4) is 11.4 Å². The van der Waals surface area contributed by atoms with Crippen LogP contribution in [0.1, 0.15) is 30.0 Å². The number of anilines is 1. The monoisotopic (exact) mass is 370 g/mol. The van der Waals surface area contributed by atoms with Crippen LogP contribution in [0.3, 0.4) is 0 Å². The number of aromatic nitrogens is 3. The van der Waals surface area contributed by atoms with E-state index in [1.807, 2.05) is 73.7 Å². The van der Waals surface area contributed by atoms with Gasteiger partial charge in [-0.1, -0.05) is 48.5 Å². The van der Waals surface area contributed by atoms with Gasteiger partial charge in [-0.15, -0.1) is 0 Å². The van der Waals surface area contributed by atoms with Crippen molar-refractivity contribution >= 4 is 16.7 Å². The van der Waals surface area contributed by atoms with Crippen LogP contribution in [0.2, 0.25) is 0 Å². The van der Waals surface area contributed by atoms with Crippen LogP contribution in [0.5, 0.6) is 0 Å². The summed E-state index contributed by atoms with van der Waals surface area (Å²) in [6, 6.07) is 21.8. The Kier molecular flexibility index (Phi) is 5.00. The first-order valence-corrected chi connectivity index (χ1v) is 9.32. The van der Waals surface area contributed by atoms with Crippen molar-refractivity contribution in [2.75, 3.05) is 5.32 Å². The lowest BCUT2D eigenvalue weighted by Crippen LogP contribution is -2.07. The Morgan fingerprint density at radius 1 is 0.893 bits per heavy atom. The van der Waals surface area contributed by atoms with Gasteiger partial charge < -0.3 is 10.4 Å². The average Bonchev–Trinajstić information content (AvgIpc) is 2.72. The van der Waals surface area contributed by atoms with Gasteiger partial charge in [-0.25, -0.2) is 9.97 Å². The first kappa shape index (κ1) is 18.1. The second-order valence-electron chi connectivity index (χ2n) is 6.79. The molecule has 0 bridgehead atoms. The van der Waals surface area contributed by atoms with E-state index in [1.54, 1.807) is 6.92 Å². The second-order valence-corrected chi connectivity index (χ2v) is 6.79. The third-order valence-corrected chi connectivity index (χ3v) is 4.71. The molecule has 1 atom stereocenters. The zero-order valence-electron chi connectivity index (χ0n) is 15.9. The van der Waals surface area contributed by atoms with Crippen LogP contribution in [-0.4, -0.2) is 20.1 Å². The number of aliphatic hydroxyl groups excluding tert-OH is 1. The zero-order chi connectivity index (χ0) is 19.5. The van der Waals surface area contributed by atoms with Crippen molar-refractivity contribution in [2.45, 2.75) is 26.5 Å². The molecule has 2 aromatic carbocycles. The molecular weight excluding hydrogens is 348 g/mol. The lowest BCUT2D eigenvalue weighted by atomic mass is 10.1. The van der Waals surface area contributed by atoms with Gasteiger partial charge in [0.25, 0.3) is 0 Å². The first-order chi connectivity index (χ1) is 13.6. The molecule has 28 heavy (non-hydrogen) atoms. The predicted octanol–water partition coefficient (Wildman–Crippen LogP) is 4.67. The Bertz CT molecular complexity index is 1110. The fourth-order valence-electron chi connectivity index (χ4n) is 3.27. The zero-order valence-corrected chi connectivity index (χ0v) is 15.9. The SMILES string of the molecule is Cc1nc(CNc2nc(-c3ccccc3)nc3ccccc23)ccc1C(C)O. The van der Waals surface area contributed by atoms with Crippen LogP contribution in [0, 0.1) is 6.92 Å². The summed E-state index contributed by atoms with van der Waals surface area (Å²) in [6.07, 6.45) is -0.520. The van der Waals surface area contributed by atoms with Gasteiger partial charge in [0.05, 0.1) is 23.9 Å². The van der Waals surface area contributed by atoms with Crippen LogP contribution in [0.25, 0.3) is 22.3 Å². The standard InChI is InChI=1S/C23H22N4O/c1-15-19(16(2)28)13-12-18(25-15)14-24-23-20-10-6-7-11-21(20)26-22(27-23)17-8-4-3-5-9-17/h3-13,16,28H,14H2,1-2H3,(H,24,26,27). The third kappa shape index (κ3) is 3.70.